The molecule has 2 heteroatoms. The Bertz CT molecular complexity index is 609. The number of ketones is 1. The van der Waals surface area contributed by atoms with Crippen LogP contribution in [0.25, 0.3) is 0 Å². The van der Waals surface area contributed by atoms with Crippen LogP contribution in [0.3, 0.4) is 0 Å². The second kappa shape index (κ2) is 8.87. The predicted octanol–water partition coefficient (Wildman–Crippen LogP) is 7.43. The molecular formula is C28H50O2. The molecule has 4 saturated carbocycles. The maximum atomic E-state index is 11.8. The molecule has 8 unspecified atom stereocenters. The number of hydrogen-bond donors (Lipinski definition) is 1. The first-order valence-electron chi connectivity index (χ1n) is 13.1. The number of hydrogen-bond acceptors (Lipinski definition) is 2. The van der Waals surface area contributed by atoms with E-state index in [2.05, 4.69) is 27.7 Å². The van der Waals surface area contributed by atoms with Gasteiger partial charge in [0, 0.05) is 12.5 Å². The molecule has 4 aliphatic rings. The van der Waals surface area contributed by atoms with Crippen molar-refractivity contribution >= 4 is 5.78 Å². The SMILES string of the molecule is CC(=O)CCC1(C)C(C)CCC2(C)C3CCC4(C)CCCC4C3CCC12.CC(C)O. The van der Waals surface area contributed by atoms with E-state index in [0.29, 0.717) is 22.0 Å². The van der Waals surface area contributed by atoms with E-state index in [1.54, 1.807) is 20.8 Å². The maximum Gasteiger partial charge on any atom is 0.129 e. The van der Waals surface area contributed by atoms with Crippen LogP contribution in [0.1, 0.15) is 119 Å². The third kappa shape index (κ3) is 4.28. The van der Waals surface area contributed by atoms with Crippen LogP contribution in [0.15, 0.2) is 0 Å². The van der Waals surface area contributed by atoms with E-state index in [-0.39, 0.29) is 6.10 Å². The number of Topliss-reactive ketones (excluding diaryl/α,β-unsaturated/α-hetero) is 1. The van der Waals surface area contributed by atoms with Crippen LogP contribution < -0.4 is 0 Å². The van der Waals surface area contributed by atoms with Gasteiger partial charge in [0.1, 0.15) is 5.78 Å². The summed E-state index contributed by atoms with van der Waals surface area (Å²) in [5.41, 5.74) is 1.58. The van der Waals surface area contributed by atoms with Crippen molar-refractivity contribution in [3.05, 3.63) is 0 Å². The number of carbonyl (C=O) groups is 1. The third-order valence-electron chi connectivity index (χ3n) is 10.7. The van der Waals surface area contributed by atoms with Gasteiger partial charge in [-0.25, -0.2) is 0 Å². The van der Waals surface area contributed by atoms with Crippen LogP contribution in [0, 0.1) is 45.8 Å². The topological polar surface area (TPSA) is 37.3 Å². The zero-order chi connectivity index (χ0) is 22.3. The smallest absolute Gasteiger partial charge is 0.129 e. The van der Waals surface area contributed by atoms with Crippen molar-refractivity contribution in [2.45, 2.75) is 125 Å². The van der Waals surface area contributed by atoms with Crippen molar-refractivity contribution in [3.8, 4) is 0 Å². The molecule has 2 nitrogen and oxygen atoms in total. The Balaban J connectivity index is 0.000000589. The van der Waals surface area contributed by atoms with E-state index in [9.17, 15) is 4.79 Å². The van der Waals surface area contributed by atoms with E-state index in [0.717, 1.165) is 42.4 Å². The lowest BCUT2D eigenvalue weighted by Crippen LogP contribution is -2.58. The molecular weight excluding hydrogens is 368 g/mol. The lowest BCUT2D eigenvalue weighted by molar-refractivity contribution is -0.164. The Morgan fingerprint density at radius 1 is 0.967 bits per heavy atom. The Morgan fingerprint density at radius 3 is 2.27 bits per heavy atom. The van der Waals surface area contributed by atoms with Crippen molar-refractivity contribution in [2.75, 3.05) is 0 Å². The molecule has 0 aromatic rings. The highest BCUT2D eigenvalue weighted by atomic mass is 16.3. The molecule has 0 amide bonds. The number of rotatable bonds is 3. The van der Waals surface area contributed by atoms with Gasteiger partial charge in [-0.1, -0.05) is 34.1 Å². The zero-order valence-electron chi connectivity index (χ0n) is 21.1. The van der Waals surface area contributed by atoms with Crippen molar-refractivity contribution in [1.82, 2.24) is 0 Å². The van der Waals surface area contributed by atoms with Gasteiger partial charge in [0.2, 0.25) is 0 Å². The minimum absolute atomic E-state index is 0.167. The minimum Gasteiger partial charge on any atom is -0.394 e. The second-order valence-corrected chi connectivity index (χ2v) is 12.8. The van der Waals surface area contributed by atoms with Gasteiger partial charge in [-0.2, -0.15) is 0 Å². The molecule has 0 aromatic carbocycles. The molecule has 174 valence electrons. The maximum absolute atomic E-state index is 11.8. The van der Waals surface area contributed by atoms with E-state index < -0.39 is 0 Å². The highest BCUT2D eigenvalue weighted by Gasteiger charge is 2.61. The van der Waals surface area contributed by atoms with Crippen LogP contribution in [0.5, 0.6) is 0 Å². The summed E-state index contributed by atoms with van der Waals surface area (Å²) >= 11 is 0. The first-order chi connectivity index (χ1) is 13.9. The van der Waals surface area contributed by atoms with Gasteiger partial charge in [-0.15, -0.1) is 0 Å². The van der Waals surface area contributed by atoms with Gasteiger partial charge in [-0.3, -0.25) is 0 Å². The molecule has 1 N–H and O–H groups in total. The predicted molar refractivity (Wildman–Crippen MR) is 126 cm³/mol. The molecule has 0 heterocycles. The van der Waals surface area contributed by atoms with Gasteiger partial charge in [-0.05, 0) is 124 Å². The second-order valence-electron chi connectivity index (χ2n) is 12.8. The van der Waals surface area contributed by atoms with Gasteiger partial charge in [0.25, 0.3) is 0 Å². The molecule has 30 heavy (non-hydrogen) atoms. The van der Waals surface area contributed by atoms with Crippen LogP contribution in [-0.2, 0) is 4.79 Å². The zero-order valence-corrected chi connectivity index (χ0v) is 21.1. The number of fused-ring (bicyclic) bond motifs is 5. The quantitative estimate of drug-likeness (QED) is 0.517. The molecule has 0 radical (unpaired) electrons. The van der Waals surface area contributed by atoms with Gasteiger partial charge in [0.15, 0.2) is 0 Å². The molecule has 4 rings (SSSR count). The van der Waals surface area contributed by atoms with E-state index in [1.807, 2.05) is 0 Å². The fourth-order valence-corrected chi connectivity index (χ4v) is 8.96. The fraction of sp³-hybridized carbons (Fsp3) is 0.964. The van der Waals surface area contributed by atoms with Crippen LogP contribution in [0.2, 0.25) is 0 Å². The monoisotopic (exact) mass is 418 g/mol. The first kappa shape index (κ1) is 24.3. The average Bonchev–Trinajstić information content (AvgIpc) is 3.05. The Labute approximate surface area is 187 Å². The number of carbonyl (C=O) groups excluding carboxylic acids is 1. The summed E-state index contributed by atoms with van der Waals surface area (Å²) in [5.74, 6) is 4.98. The van der Waals surface area contributed by atoms with Crippen molar-refractivity contribution in [3.63, 3.8) is 0 Å². The van der Waals surface area contributed by atoms with Gasteiger partial charge < -0.3 is 9.90 Å². The molecule has 8 atom stereocenters. The highest BCUT2D eigenvalue weighted by Crippen LogP contribution is 2.70. The van der Waals surface area contributed by atoms with Crippen LogP contribution in [0.4, 0.5) is 0 Å². The average molecular weight is 419 g/mol. The van der Waals surface area contributed by atoms with Crippen molar-refractivity contribution < 1.29 is 9.90 Å². The van der Waals surface area contributed by atoms with Crippen molar-refractivity contribution in [1.29, 1.82) is 0 Å². The lowest BCUT2D eigenvalue weighted by Gasteiger charge is -2.65. The van der Waals surface area contributed by atoms with E-state index in [4.69, 9.17) is 5.11 Å². The third-order valence-corrected chi connectivity index (χ3v) is 10.7. The van der Waals surface area contributed by atoms with Crippen LogP contribution in [-0.4, -0.2) is 17.0 Å². The largest absolute Gasteiger partial charge is 0.394 e. The summed E-state index contributed by atoms with van der Waals surface area (Å²) in [4.78, 5) is 11.8. The number of aliphatic hydroxyl groups is 1. The Hall–Kier alpha value is -0.370. The van der Waals surface area contributed by atoms with Gasteiger partial charge >= 0.3 is 0 Å². The summed E-state index contributed by atoms with van der Waals surface area (Å²) in [6, 6.07) is 0. The lowest BCUT2D eigenvalue weighted by atomic mass is 9.39. The van der Waals surface area contributed by atoms with E-state index >= 15 is 0 Å². The van der Waals surface area contributed by atoms with E-state index in [1.165, 1.54) is 57.8 Å². The summed E-state index contributed by atoms with van der Waals surface area (Å²) in [5, 5.41) is 8.06. The normalized spacial score (nSPS) is 47.6. The fourth-order valence-electron chi connectivity index (χ4n) is 8.96. The molecule has 0 saturated heterocycles. The Morgan fingerprint density at radius 2 is 1.63 bits per heavy atom. The van der Waals surface area contributed by atoms with Crippen LogP contribution >= 0.6 is 0 Å². The number of aliphatic hydroxyl groups excluding tert-OH is 1. The molecule has 0 spiro atoms. The Kier molecular flexibility index (Phi) is 7.18. The summed E-state index contributed by atoms with van der Waals surface area (Å²) < 4.78 is 0. The standard InChI is InChI=1S/C25H42O.C3H8O/c1-17-10-15-25(5)21-12-14-23(3)13-6-7-20(23)19(21)8-9-22(25)24(17,4)16-11-18(2)26;1-3(2)4/h17,19-22H,6-16H2,1-5H3;3-4H,1-2H3. The first-order valence-corrected chi connectivity index (χ1v) is 13.1. The van der Waals surface area contributed by atoms with Crippen molar-refractivity contribution in [2.24, 2.45) is 45.8 Å². The minimum atomic E-state index is -0.167. The molecule has 0 aliphatic heterocycles. The summed E-state index contributed by atoms with van der Waals surface area (Å²) in [7, 11) is 0. The molecule has 0 bridgehead atoms. The molecule has 4 fully saturated rings. The molecule has 0 aromatic heterocycles. The summed E-state index contributed by atoms with van der Waals surface area (Å²) in [6.07, 6.45) is 15.0. The highest BCUT2D eigenvalue weighted by molar-refractivity contribution is 5.75. The van der Waals surface area contributed by atoms with Gasteiger partial charge in [0.05, 0.1) is 0 Å². The summed E-state index contributed by atoms with van der Waals surface area (Å²) in [6.45, 7) is 15.6. The molecule has 4 aliphatic carbocycles.